The van der Waals surface area contributed by atoms with Crippen LogP contribution in [0.2, 0.25) is 0 Å². The van der Waals surface area contributed by atoms with Gasteiger partial charge in [-0.25, -0.2) is 4.98 Å². The average molecular weight is 292 g/mol. The van der Waals surface area contributed by atoms with Gasteiger partial charge in [0.05, 0.1) is 11.7 Å². The normalized spacial score (nSPS) is 28.4. The van der Waals surface area contributed by atoms with Crippen LogP contribution in [0.1, 0.15) is 74.5 Å². The lowest BCUT2D eigenvalue weighted by Gasteiger charge is -2.38. The lowest BCUT2D eigenvalue weighted by molar-refractivity contribution is 0.139. The van der Waals surface area contributed by atoms with Gasteiger partial charge in [0, 0.05) is 4.88 Å². The van der Waals surface area contributed by atoms with Crippen molar-refractivity contribution in [3.05, 3.63) is 15.6 Å². The molecule has 0 spiro atoms. The van der Waals surface area contributed by atoms with Gasteiger partial charge in [0.2, 0.25) is 0 Å². The van der Waals surface area contributed by atoms with Crippen molar-refractivity contribution in [1.29, 1.82) is 0 Å². The fourth-order valence-corrected chi connectivity index (χ4v) is 5.15. The molecule has 0 aromatic carbocycles. The Bertz CT molecular complexity index is 442. The molecular weight excluding hydrogens is 264 g/mol. The van der Waals surface area contributed by atoms with Gasteiger partial charge in [-0.05, 0) is 62.2 Å². The van der Waals surface area contributed by atoms with Gasteiger partial charge in [-0.15, -0.1) is 11.3 Å². The zero-order chi connectivity index (χ0) is 14.3. The summed E-state index contributed by atoms with van der Waals surface area (Å²) in [5, 5.41) is 1.22. The van der Waals surface area contributed by atoms with E-state index < -0.39 is 0 Å². The molecule has 2 aliphatic rings. The summed E-state index contributed by atoms with van der Waals surface area (Å²) in [7, 11) is 0. The van der Waals surface area contributed by atoms with Crippen molar-refractivity contribution in [2.75, 3.05) is 0 Å². The van der Waals surface area contributed by atoms with Gasteiger partial charge in [-0.3, -0.25) is 0 Å². The maximum absolute atomic E-state index is 6.53. The number of rotatable bonds is 2. The summed E-state index contributed by atoms with van der Waals surface area (Å²) in [5.74, 6) is 1.52. The summed E-state index contributed by atoms with van der Waals surface area (Å²) >= 11 is 1.89. The minimum atomic E-state index is 0.187. The summed E-state index contributed by atoms with van der Waals surface area (Å²) in [6.07, 6.45) is 8.95. The molecule has 112 valence electrons. The lowest BCUT2D eigenvalue weighted by atomic mass is 9.68. The Hall–Kier alpha value is -0.410. The molecule has 2 aliphatic carbocycles. The van der Waals surface area contributed by atoms with E-state index in [4.69, 9.17) is 10.7 Å². The van der Waals surface area contributed by atoms with Crippen molar-refractivity contribution < 1.29 is 0 Å². The van der Waals surface area contributed by atoms with Crippen LogP contribution < -0.4 is 5.73 Å². The highest BCUT2D eigenvalue weighted by molar-refractivity contribution is 7.11. The molecule has 1 atom stereocenters. The van der Waals surface area contributed by atoms with E-state index in [1.807, 2.05) is 11.3 Å². The summed E-state index contributed by atoms with van der Waals surface area (Å²) < 4.78 is 0. The molecule has 1 fully saturated rings. The number of fused-ring (bicyclic) bond motifs is 1. The summed E-state index contributed by atoms with van der Waals surface area (Å²) in [6, 6.07) is 0.187. The molecule has 1 aromatic heterocycles. The zero-order valence-corrected chi connectivity index (χ0v) is 13.9. The first-order chi connectivity index (χ1) is 9.45. The Kier molecular flexibility index (Phi) is 3.93. The number of aromatic nitrogens is 1. The van der Waals surface area contributed by atoms with Gasteiger partial charge >= 0.3 is 0 Å². The van der Waals surface area contributed by atoms with Crippen molar-refractivity contribution in [1.82, 2.24) is 4.98 Å². The Morgan fingerprint density at radius 1 is 1.15 bits per heavy atom. The van der Waals surface area contributed by atoms with E-state index in [9.17, 15) is 0 Å². The molecule has 2 nitrogen and oxygen atoms in total. The van der Waals surface area contributed by atoms with Crippen LogP contribution in [0.15, 0.2) is 0 Å². The maximum Gasteiger partial charge on any atom is 0.110 e. The van der Waals surface area contributed by atoms with Gasteiger partial charge in [0.1, 0.15) is 5.01 Å². The second-order valence-corrected chi connectivity index (χ2v) is 8.89. The molecule has 0 amide bonds. The Morgan fingerprint density at radius 3 is 2.45 bits per heavy atom. The SMILES string of the molecule is CC(C)(C)C1CCC(C(N)c2nc3c(s2)CCC3)CC1. The van der Waals surface area contributed by atoms with Gasteiger partial charge in [-0.2, -0.15) is 0 Å². The van der Waals surface area contributed by atoms with Gasteiger partial charge in [0.25, 0.3) is 0 Å². The van der Waals surface area contributed by atoms with Gasteiger partial charge in [-0.1, -0.05) is 20.8 Å². The van der Waals surface area contributed by atoms with E-state index in [0.717, 1.165) is 5.92 Å². The van der Waals surface area contributed by atoms with Crippen molar-refractivity contribution in [2.24, 2.45) is 23.0 Å². The Balaban J connectivity index is 1.62. The fraction of sp³-hybridized carbons (Fsp3) is 0.824. The highest BCUT2D eigenvalue weighted by Gasteiger charge is 2.33. The van der Waals surface area contributed by atoms with E-state index in [-0.39, 0.29) is 6.04 Å². The third-order valence-corrected chi connectivity index (χ3v) is 6.66. The average Bonchev–Trinajstić information content (AvgIpc) is 2.97. The predicted octanol–water partition coefficient (Wildman–Crippen LogP) is 4.48. The first-order valence-corrected chi connectivity index (χ1v) is 9.01. The van der Waals surface area contributed by atoms with Crippen molar-refractivity contribution in [3.63, 3.8) is 0 Å². The molecule has 0 radical (unpaired) electrons. The quantitative estimate of drug-likeness (QED) is 0.872. The van der Waals surface area contributed by atoms with E-state index in [0.29, 0.717) is 11.3 Å². The van der Waals surface area contributed by atoms with E-state index >= 15 is 0 Å². The molecule has 3 heteroatoms. The lowest BCUT2D eigenvalue weighted by Crippen LogP contribution is -2.30. The van der Waals surface area contributed by atoms with Crippen LogP contribution in [-0.4, -0.2) is 4.98 Å². The van der Waals surface area contributed by atoms with E-state index in [2.05, 4.69) is 20.8 Å². The highest BCUT2D eigenvalue weighted by atomic mass is 32.1. The number of hydrogen-bond acceptors (Lipinski definition) is 3. The van der Waals surface area contributed by atoms with Crippen LogP contribution in [0.4, 0.5) is 0 Å². The van der Waals surface area contributed by atoms with Gasteiger partial charge < -0.3 is 5.73 Å². The maximum atomic E-state index is 6.53. The second-order valence-electron chi connectivity index (χ2n) is 7.78. The third kappa shape index (κ3) is 2.80. The summed E-state index contributed by atoms with van der Waals surface area (Å²) in [4.78, 5) is 6.34. The summed E-state index contributed by atoms with van der Waals surface area (Å²) in [5.41, 5.74) is 8.34. The molecular formula is C17H28N2S. The van der Waals surface area contributed by atoms with Crippen LogP contribution in [0.25, 0.3) is 0 Å². The minimum absolute atomic E-state index is 0.187. The number of aryl methyl sites for hydroxylation is 2. The first kappa shape index (κ1) is 14.5. The Morgan fingerprint density at radius 2 is 1.85 bits per heavy atom. The minimum Gasteiger partial charge on any atom is -0.322 e. The van der Waals surface area contributed by atoms with E-state index in [1.165, 1.54) is 60.5 Å². The third-order valence-electron chi connectivity index (χ3n) is 5.40. The molecule has 0 bridgehead atoms. The molecule has 0 saturated heterocycles. The standard InChI is InChI=1S/C17H28N2S/c1-17(2,3)12-9-7-11(8-10-12)15(18)16-19-13-5-4-6-14(13)20-16/h11-12,15H,4-10,18H2,1-3H3. The van der Waals surface area contributed by atoms with Crippen LogP contribution >= 0.6 is 11.3 Å². The van der Waals surface area contributed by atoms with Crippen molar-refractivity contribution in [3.8, 4) is 0 Å². The number of thiazole rings is 1. The second kappa shape index (κ2) is 5.42. The monoisotopic (exact) mass is 292 g/mol. The van der Waals surface area contributed by atoms with Crippen molar-refractivity contribution >= 4 is 11.3 Å². The molecule has 1 unspecified atom stereocenters. The van der Waals surface area contributed by atoms with Crippen LogP contribution in [0, 0.1) is 17.3 Å². The van der Waals surface area contributed by atoms with Gasteiger partial charge in [0.15, 0.2) is 0 Å². The Labute approximate surface area is 127 Å². The topological polar surface area (TPSA) is 38.9 Å². The molecule has 2 N–H and O–H groups in total. The highest BCUT2D eigenvalue weighted by Crippen LogP contribution is 2.43. The zero-order valence-electron chi connectivity index (χ0n) is 13.1. The summed E-state index contributed by atoms with van der Waals surface area (Å²) in [6.45, 7) is 7.13. The molecule has 0 aliphatic heterocycles. The fourth-order valence-electron chi connectivity index (χ4n) is 3.90. The predicted molar refractivity (Wildman–Crippen MR) is 86.0 cm³/mol. The molecule has 1 saturated carbocycles. The van der Waals surface area contributed by atoms with Crippen LogP contribution in [-0.2, 0) is 12.8 Å². The smallest absolute Gasteiger partial charge is 0.110 e. The van der Waals surface area contributed by atoms with E-state index in [1.54, 1.807) is 0 Å². The molecule has 3 rings (SSSR count). The molecule has 1 heterocycles. The molecule has 1 aromatic rings. The van der Waals surface area contributed by atoms with Crippen LogP contribution in [0.5, 0.6) is 0 Å². The number of nitrogens with two attached hydrogens (primary N) is 1. The first-order valence-electron chi connectivity index (χ1n) is 8.19. The molecule has 20 heavy (non-hydrogen) atoms. The van der Waals surface area contributed by atoms with Crippen LogP contribution in [0.3, 0.4) is 0 Å². The number of nitrogens with zero attached hydrogens (tertiary/aromatic N) is 1. The number of hydrogen-bond donors (Lipinski definition) is 1. The largest absolute Gasteiger partial charge is 0.322 e. The van der Waals surface area contributed by atoms with Crippen molar-refractivity contribution in [2.45, 2.75) is 71.8 Å².